The molecule has 0 spiro atoms. The molecule has 1 aliphatic rings. The highest BCUT2D eigenvalue weighted by Gasteiger charge is 2.22. The molecule has 152 valence electrons. The smallest absolute Gasteiger partial charge is 0.255 e. The van der Waals surface area contributed by atoms with Crippen LogP contribution in [0, 0.1) is 0 Å². The van der Waals surface area contributed by atoms with Crippen molar-refractivity contribution < 1.29 is 0 Å². The van der Waals surface area contributed by atoms with E-state index in [2.05, 4.69) is 31.7 Å². The summed E-state index contributed by atoms with van der Waals surface area (Å²) in [6.45, 7) is 7.10. The fourth-order valence-corrected chi connectivity index (χ4v) is 4.04. The maximum atomic E-state index is 12.6. The zero-order valence-electron chi connectivity index (χ0n) is 16.6. The summed E-state index contributed by atoms with van der Waals surface area (Å²) in [5.74, 6) is 0.994. The van der Waals surface area contributed by atoms with Crippen molar-refractivity contribution in [2.75, 3.05) is 6.54 Å². The standard InChI is InChI=1S/C22H24Cl2N4O/c1-14(2)21-25-20-7-9-27(13-17(20)22(29)26-21)12-16-4-3-8-28(16)11-15-5-6-18(23)19(24)10-15/h3-6,8,10,14H,7,9,11-13H2,1-2H3,(H,25,26,29). The number of hydrogen-bond donors (Lipinski definition) is 1. The molecule has 0 fully saturated rings. The molecule has 4 rings (SSSR count). The lowest BCUT2D eigenvalue weighted by molar-refractivity contribution is 0.235. The zero-order valence-corrected chi connectivity index (χ0v) is 18.1. The maximum absolute atomic E-state index is 12.6. The Hall–Kier alpha value is -2.08. The minimum atomic E-state index is -0.00501. The number of H-pyrrole nitrogens is 1. The van der Waals surface area contributed by atoms with Crippen molar-refractivity contribution in [3.8, 4) is 0 Å². The summed E-state index contributed by atoms with van der Waals surface area (Å²) in [6, 6.07) is 9.90. The number of hydrogen-bond acceptors (Lipinski definition) is 3. The highest BCUT2D eigenvalue weighted by Crippen LogP contribution is 2.24. The molecular formula is C22H24Cl2N4O. The Labute approximate surface area is 180 Å². The summed E-state index contributed by atoms with van der Waals surface area (Å²) in [6.07, 6.45) is 2.87. The molecule has 0 saturated heterocycles. The van der Waals surface area contributed by atoms with E-state index >= 15 is 0 Å². The van der Waals surface area contributed by atoms with Crippen LogP contribution in [0.3, 0.4) is 0 Å². The van der Waals surface area contributed by atoms with Crippen molar-refractivity contribution in [3.63, 3.8) is 0 Å². The maximum Gasteiger partial charge on any atom is 0.255 e. The van der Waals surface area contributed by atoms with Crippen LogP contribution < -0.4 is 5.56 Å². The molecule has 0 aliphatic carbocycles. The molecular weight excluding hydrogens is 407 g/mol. The van der Waals surface area contributed by atoms with Gasteiger partial charge in [-0.05, 0) is 29.8 Å². The summed E-state index contributed by atoms with van der Waals surface area (Å²) in [5.41, 5.74) is 4.03. The van der Waals surface area contributed by atoms with Gasteiger partial charge in [-0.15, -0.1) is 0 Å². The number of aromatic nitrogens is 3. The Bertz CT molecular complexity index is 1090. The molecule has 1 aliphatic heterocycles. The first-order chi connectivity index (χ1) is 13.9. The van der Waals surface area contributed by atoms with Crippen molar-refractivity contribution in [1.82, 2.24) is 19.4 Å². The number of aromatic amines is 1. The predicted molar refractivity (Wildman–Crippen MR) is 117 cm³/mol. The Morgan fingerprint density at radius 1 is 1.17 bits per heavy atom. The average molecular weight is 431 g/mol. The van der Waals surface area contributed by atoms with Gasteiger partial charge in [0.1, 0.15) is 5.82 Å². The molecule has 1 aromatic carbocycles. The van der Waals surface area contributed by atoms with E-state index in [9.17, 15) is 4.79 Å². The van der Waals surface area contributed by atoms with E-state index in [1.807, 2.05) is 38.1 Å². The van der Waals surface area contributed by atoms with E-state index in [1.54, 1.807) is 0 Å². The van der Waals surface area contributed by atoms with Gasteiger partial charge >= 0.3 is 0 Å². The number of benzene rings is 1. The minimum Gasteiger partial charge on any atom is -0.346 e. The first-order valence-corrected chi connectivity index (χ1v) is 10.6. The summed E-state index contributed by atoms with van der Waals surface area (Å²) < 4.78 is 2.21. The van der Waals surface area contributed by atoms with E-state index in [4.69, 9.17) is 23.2 Å². The summed E-state index contributed by atoms with van der Waals surface area (Å²) in [4.78, 5) is 22.5. The SMILES string of the molecule is CC(C)c1nc2c(c(=O)[nH]1)CN(Cc1cccn1Cc1ccc(Cl)c(Cl)c1)CC2. The predicted octanol–water partition coefficient (Wildman–Crippen LogP) is 4.61. The molecule has 0 radical (unpaired) electrons. The van der Waals surface area contributed by atoms with E-state index < -0.39 is 0 Å². The lowest BCUT2D eigenvalue weighted by Crippen LogP contribution is -2.36. The second kappa shape index (κ2) is 8.34. The molecule has 3 aromatic rings. The first-order valence-electron chi connectivity index (χ1n) is 9.83. The van der Waals surface area contributed by atoms with Crippen molar-refractivity contribution in [2.24, 2.45) is 0 Å². The van der Waals surface area contributed by atoms with Crippen molar-refractivity contribution in [3.05, 3.63) is 85.3 Å². The fourth-order valence-electron chi connectivity index (χ4n) is 3.72. The number of rotatable bonds is 5. The molecule has 2 aromatic heterocycles. The highest BCUT2D eigenvalue weighted by atomic mass is 35.5. The van der Waals surface area contributed by atoms with Gasteiger partial charge in [-0.1, -0.05) is 43.1 Å². The minimum absolute atomic E-state index is 0.00501. The Balaban J connectivity index is 1.50. The topological polar surface area (TPSA) is 53.9 Å². The Morgan fingerprint density at radius 2 is 2.00 bits per heavy atom. The van der Waals surface area contributed by atoms with E-state index in [1.165, 1.54) is 5.69 Å². The molecule has 0 unspecified atom stereocenters. The van der Waals surface area contributed by atoms with Crippen LogP contribution in [-0.4, -0.2) is 26.0 Å². The van der Waals surface area contributed by atoms with Gasteiger partial charge in [0.25, 0.3) is 5.56 Å². The summed E-state index contributed by atoms with van der Waals surface area (Å²) in [5, 5.41) is 1.13. The molecule has 0 atom stereocenters. The Morgan fingerprint density at radius 3 is 2.76 bits per heavy atom. The van der Waals surface area contributed by atoms with Crippen LogP contribution in [-0.2, 0) is 26.1 Å². The van der Waals surface area contributed by atoms with Gasteiger partial charge in [0.2, 0.25) is 0 Å². The lowest BCUT2D eigenvalue weighted by Gasteiger charge is -2.28. The molecule has 5 nitrogen and oxygen atoms in total. The third-order valence-corrected chi connectivity index (χ3v) is 6.10. The van der Waals surface area contributed by atoms with Gasteiger partial charge < -0.3 is 9.55 Å². The van der Waals surface area contributed by atoms with E-state index in [-0.39, 0.29) is 11.5 Å². The monoisotopic (exact) mass is 430 g/mol. The highest BCUT2D eigenvalue weighted by molar-refractivity contribution is 6.42. The molecule has 29 heavy (non-hydrogen) atoms. The van der Waals surface area contributed by atoms with Crippen molar-refractivity contribution in [1.29, 1.82) is 0 Å². The van der Waals surface area contributed by atoms with Gasteiger partial charge in [-0.25, -0.2) is 4.98 Å². The molecule has 1 N–H and O–H groups in total. The lowest BCUT2D eigenvalue weighted by atomic mass is 10.1. The molecule has 3 heterocycles. The van der Waals surface area contributed by atoms with Crippen LogP contribution >= 0.6 is 23.2 Å². The Kier molecular flexibility index (Phi) is 5.81. The molecule has 0 saturated carbocycles. The average Bonchev–Trinajstić information content (AvgIpc) is 3.11. The molecule has 0 bridgehead atoms. The van der Waals surface area contributed by atoms with Crippen molar-refractivity contribution in [2.45, 2.75) is 45.8 Å². The third kappa shape index (κ3) is 4.42. The second-order valence-corrected chi connectivity index (χ2v) is 8.68. The zero-order chi connectivity index (χ0) is 20.5. The van der Waals surface area contributed by atoms with Gasteiger partial charge in [0.05, 0.1) is 21.3 Å². The number of nitrogens with one attached hydrogen (secondary N) is 1. The fraction of sp³-hybridized carbons (Fsp3) is 0.364. The van der Waals surface area contributed by atoms with Gasteiger partial charge in [0, 0.05) is 50.4 Å². The first kappa shape index (κ1) is 20.2. The quantitative estimate of drug-likeness (QED) is 0.642. The number of nitrogens with zero attached hydrogens (tertiary/aromatic N) is 3. The van der Waals surface area contributed by atoms with Crippen LogP contribution in [0.5, 0.6) is 0 Å². The third-order valence-electron chi connectivity index (χ3n) is 5.36. The number of fused-ring (bicyclic) bond motifs is 1. The van der Waals surface area contributed by atoms with E-state index in [0.717, 1.165) is 48.7 Å². The summed E-state index contributed by atoms with van der Waals surface area (Å²) >= 11 is 12.2. The normalized spacial score (nSPS) is 14.4. The van der Waals surface area contributed by atoms with Crippen LogP contribution in [0.15, 0.2) is 41.3 Å². The van der Waals surface area contributed by atoms with Crippen molar-refractivity contribution >= 4 is 23.2 Å². The van der Waals surface area contributed by atoms with Crippen LogP contribution in [0.25, 0.3) is 0 Å². The second-order valence-electron chi connectivity index (χ2n) is 7.87. The van der Waals surface area contributed by atoms with Crippen LogP contribution in [0.1, 0.15) is 48.1 Å². The van der Waals surface area contributed by atoms with Gasteiger partial charge in [0.15, 0.2) is 0 Å². The largest absolute Gasteiger partial charge is 0.346 e. The van der Waals surface area contributed by atoms with Gasteiger partial charge in [-0.2, -0.15) is 0 Å². The van der Waals surface area contributed by atoms with Crippen LogP contribution in [0.4, 0.5) is 0 Å². The summed E-state index contributed by atoms with van der Waals surface area (Å²) in [7, 11) is 0. The van der Waals surface area contributed by atoms with E-state index in [0.29, 0.717) is 16.6 Å². The van der Waals surface area contributed by atoms with Crippen LogP contribution in [0.2, 0.25) is 10.0 Å². The molecule has 7 heteroatoms. The number of halogens is 2. The van der Waals surface area contributed by atoms with Gasteiger partial charge in [-0.3, -0.25) is 9.69 Å². The molecule has 0 amide bonds.